The van der Waals surface area contributed by atoms with Gasteiger partial charge in [-0.05, 0) is 40.9 Å². The van der Waals surface area contributed by atoms with Crippen LogP contribution in [0.2, 0.25) is 0 Å². The van der Waals surface area contributed by atoms with Gasteiger partial charge >= 0.3 is 11.9 Å². The van der Waals surface area contributed by atoms with Crippen LogP contribution in [-0.2, 0) is 20.8 Å². The number of amides is 1. The first-order valence-electron chi connectivity index (χ1n) is 5.86. The molecule has 0 aliphatic carbocycles. The molecular weight excluding hydrogens is 350 g/mol. The van der Waals surface area contributed by atoms with Crippen LogP contribution in [-0.4, -0.2) is 34.1 Å². The summed E-state index contributed by atoms with van der Waals surface area (Å²) in [5.74, 6) is -3.06. The van der Waals surface area contributed by atoms with Crippen LogP contribution in [0.25, 0.3) is 0 Å². The van der Waals surface area contributed by atoms with Gasteiger partial charge in [0, 0.05) is 11.3 Å². The highest BCUT2D eigenvalue weighted by molar-refractivity contribution is 9.11. The minimum atomic E-state index is -1.38. The predicted molar refractivity (Wildman–Crippen MR) is 76.8 cm³/mol. The number of thiophene rings is 1. The summed E-state index contributed by atoms with van der Waals surface area (Å²) >= 11 is 4.92. The van der Waals surface area contributed by atoms with E-state index in [0.29, 0.717) is 6.42 Å². The van der Waals surface area contributed by atoms with Crippen LogP contribution in [0.1, 0.15) is 24.1 Å². The lowest BCUT2D eigenvalue weighted by molar-refractivity contribution is -0.147. The quantitative estimate of drug-likeness (QED) is 0.654. The van der Waals surface area contributed by atoms with E-state index in [4.69, 9.17) is 10.2 Å². The fraction of sp³-hybridized carbons (Fsp3) is 0.417. The SMILES string of the molecule is O=C(O)C[C@@H](NC(=O)CCCc1ccc(Br)s1)C(=O)O. The molecular formula is C12H14BrNO5S. The molecule has 0 aliphatic heterocycles. The van der Waals surface area contributed by atoms with E-state index in [1.54, 1.807) is 11.3 Å². The van der Waals surface area contributed by atoms with Crippen molar-refractivity contribution < 1.29 is 24.6 Å². The van der Waals surface area contributed by atoms with Crippen molar-refractivity contribution in [3.63, 3.8) is 0 Å². The number of hydrogen-bond acceptors (Lipinski definition) is 4. The Hall–Kier alpha value is -1.41. The normalized spacial score (nSPS) is 11.8. The maximum Gasteiger partial charge on any atom is 0.326 e. The molecule has 1 rings (SSSR count). The van der Waals surface area contributed by atoms with Crippen molar-refractivity contribution in [1.29, 1.82) is 0 Å². The molecule has 0 fully saturated rings. The lowest BCUT2D eigenvalue weighted by Gasteiger charge is -2.12. The molecule has 0 bridgehead atoms. The van der Waals surface area contributed by atoms with E-state index >= 15 is 0 Å². The van der Waals surface area contributed by atoms with Gasteiger partial charge in [0.05, 0.1) is 10.2 Å². The Bertz CT molecular complexity index is 502. The minimum absolute atomic E-state index is 0.166. The van der Waals surface area contributed by atoms with Gasteiger partial charge in [0.1, 0.15) is 6.04 Å². The van der Waals surface area contributed by atoms with Crippen LogP contribution < -0.4 is 5.32 Å². The number of hydrogen-bond donors (Lipinski definition) is 3. The molecule has 3 N–H and O–H groups in total. The summed E-state index contributed by atoms with van der Waals surface area (Å²) < 4.78 is 1.02. The Morgan fingerprint density at radius 2 is 2.00 bits per heavy atom. The summed E-state index contributed by atoms with van der Waals surface area (Å²) in [7, 11) is 0. The number of aryl methyl sites for hydroxylation is 1. The molecule has 0 radical (unpaired) electrons. The molecule has 1 amide bonds. The predicted octanol–water partition coefficient (Wildman–Crippen LogP) is 1.88. The first-order chi connectivity index (χ1) is 9.38. The van der Waals surface area contributed by atoms with E-state index in [1.165, 1.54) is 0 Å². The zero-order valence-corrected chi connectivity index (χ0v) is 12.9. The molecule has 1 atom stereocenters. The van der Waals surface area contributed by atoms with Crippen molar-refractivity contribution in [2.45, 2.75) is 31.7 Å². The average molecular weight is 364 g/mol. The highest BCUT2D eigenvalue weighted by atomic mass is 79.9. The minimum Gasteiger partial charge on any atom is -0.481 e. The second kappa shape index (κ2) is 8.01. The molecule has 20 heavy (non-hydrogen) atoms. The van der Waals surface area contributed by atoms with Crippen molar-refractivity contribution in [1.82, 2.24) is 5.32 Å². The van der Waals surface area contributed by atoms with Crippen molar-refractivity contribution in [2.24, 2.45) is 0 Å². The molecule has 1 heterocycles. The van der Waals surface area contributed by atoms with Gasteiger partial charge in [-0.1, -0.05) is 0 Å². The standard InChI is InChI=1S/C12H14BrNO5S/c13-9-5-4-7(20-9)2-1-3-10(15)14-8(12(18)19)6-11(16)17/h4-5,8H,1-3,6H2,(H,14,15)(H,16,17)(H,18,19)/t8-/m1/s1. The molecule has 110 valence electrons. The molecule has 0 aliphatic rings. The van der Waals surface area contributed by atoms with Crippen molar-refractivity contribution >= 4 is 45.1 Å². The van der Waals surface area contributed by atoms with Crippen LogP contribution in [0.3, 0.4) is 0 Å². The fourth-order valence-corrected chi connectivity index (χ4v) is 3.08. The third-order valence-electron chi connectivity index (χ3n) is 2.47. The van der Waals surface area contributed by atoms with Crippen LogP contribution in [0.4, 0.5) is 0 Å². The summed E-state index contributed by atoms with van der Waals surface area (Å²) in [5.41, 5.74) is 0. The smallest absolute Gasteiger partial charge is 0.326 e. The summed E-state index contributed by atoms with van der Waals surface area (Å²) in [4.78, 5) is 34.0. The van der Waals surface area contributed by atoms with Gasteiger partial charge < -0.3 is 15.5 Å². The van der Waals surface area contributed by atoms with Gasteiger partial charge in [-0.2, -0.15) is 0 Å². The van der Waals surface area contributed by atoms with E-state index in [-0.39, 0.29) is 6.42 Å². The summed E-state index contributed by atoms with van der Waals surface area (Å²) in [6.07, 6.45) is 0.844. The number of carboxylic acid groups (broad SMARTS) is 2. The maximum atomic E-state index is 11.6. The Kier molecular flexibility index (Phi) is 6.66. The molecule has 8 heteroatoms. The highest BCUT2D eigenvalue weighted by Gasteiger charge is 2.22. The Labute approximate surface area is 127 Å². The van der Waals surface area contributed by atoms with Gasteiger partial charge in [-0.15, -0.1) is 11.3 Å². The van der Waals surface area contributed by atoms with E-state index in [2.05, 4.69) is 21.2 Å². The number of carboxylic acids is 2. The van der Waals surface area contributed by atoms with Gasteiger partial charge in [-0.25, -0.2) is 4.79 Å². The number of rotatable bonds is 8. The van der Waals surface area contributed by atoms with Gasteiger partial charge in [-0.3, -0.25) is 9.59 Å². The van der Waals surface area contributed by atoms with E-state index < -0.39 is 30.3 Å². The van der Waals surface area contributed by atoms with Gasteiger partial charge in [0.15, 0.2) is 0 Å². The molecule has 6 nitrogen and oxygen atoms in total. The molecule has 0 saturated heterocycles. The molecule has 0 saturated carbocycles. The molecule has 0 aromatic carbocycles. The second-order valence-corrected chi connectivity index (χ2v) is 6.66. The Morgan fingerprint density at radius 1 is 1.30 bits per heavy atom. The molecule has 1 aromatic heterocycles. The number of aliphatic carboxylic acids is 2. The maximum absolute atomic E-state index is 11.6. The monoisotopic (exact) mass is 363 g/mol. The summed E-state index contributed by atoms with van der Waals surface area (Å²) in [6, 6.07) is 2.50. The first kappa shape index (κ1) is 16.6. The summed E-state index contributed by atoms with van der Waals surface area (Å²) in [6.45, 7) is 0. The van der Waals surface area contributed by atoms with Crippen LogP contribution in [0.15, 0.2) is 15.9 Å². The third-order valence-corrected chi connectivity index (χ3v) is 4.15. The molecule has 0 unspecified atom stereocenters. The lowest BCUT2D eigenvalue weighted by atomic mass is 10.1. The highest BCUT2D eigenvalue weighted by Crippen LogP contribution is 2.23. The van der Waals surface area contributed by atoms with Crippen molar-refractivity contribution in [2.75, 3.05) is 0 Å². The van der Waals surface area contributed by atoms with Crippen molar-refractivity contribution in [3.8, 4) is 0 Å². The second-order valence-electron chi connectivity index (χ2n) is 4.12. The molecule has 1 aromatic rings. The third kappa shape index (κ3) is 6.16. The van der Waals surface area contributed by atoms with E-state index in [9.17, 15) is 14.4 Å². The first-order valence-corrected chi connectivity index (χ1v) is 7.47. The molecule has 0 spiro atoms. The number of carbonyl (C=O) groups is 3. The van der Waals surface area contributed by atoms with E-state index in [0.717, 1.165) is 15.1 Å². The van der Waals surface area contributed by atoms with Gasteiger partial charge in [0.2, 0.25) is 5.91 Å². The van der Waals surface area contributed by atoms with E-state index in [1.807, 2.05) is 12.1 Å². The van der Waals surface area contributed by atoms with Crippen LogP contribution >= 0.6 is 27.3 Å². The van der Waals surface area contributed by atoms with Crippen molar-refractivity contribution in [3.05, 3.63) is 20.8 Å². The van der Waals surface area contributed by atoms with Crippen LogP contribution in [0, 0.1) is 0 Å². The number of carbonyl (C=O) groups excluding carboxylic acids is 1. The average Bonchev–Trinajstić information content (AvgIpc) is 2.73. The Balaban J connectivity index is 2.34. The largest absolute Gasteiger partial charge is 0.481 e. The topological polar surface area (TPSA) is 104 Å². The number of nitrogens with one attached hydrogen (secondary N) is 1. The Morgan fingerprint density at radius 3 is 2.50 bits per heavy atom. The van der Waals surface area contributed by atoms with Crippen LogP contribution in [0.5, 0.6) is 0 Å². The zero-order valence-electron chi connectivity index (χ0n) is 10.5. The zero-order chi connectivity index (χ0) is 15.1. The van der Waals surface area contributed by atoms with Gasteiger partial charge in [0.25, 0.3) is 0 Å². The summed E-state index contributed by atoms with van der Waals surface area (Å²) in [5, 5.41) is 19.6. The number of halogens is 1. The lowest BCUT2D eigenvalue weighted by Crippen LogP contribution is -2.42. The fourth-order valence-electron chi connectivity index (χ4n) is 1.55.